The fraction of sp³-hybridized carbons (Fsp3) is 0.577. The number of aromatic hydroxyl groups is 1. The first-order valence-corrected chi connectivity index (χ1v) is 13.8. The second-order valence-corrected chi connectivity index (χ2v) is 10.9. The summed E-state index contributed by atoms with van der Waals surface area (Å²) < 4.78 is 36.8. The maximum absolute atomic E-state index is 12.9. The predicted octanol–water partition coefficient (Wildman–Crippen LogP) is 4.18. The minimum atomic E-state index is -1.85. The summed E-state index contributed by atoms with van der Waals surface area (Å²) in [5.41, 5.74) is -0.559. The molecule has 2 N–H and O–H groups in total. The van der Waals surface area contributed by atoms with E-state index in [9.17, 15) is 15.0 Å². The Balaban J connectivity index is 1.63. The van der Waals surface area contributed by atoms with Gasteiger partial charge in [0.05, 0.1) is 23.1 Å². The first-order chi connectivity index (χ1) is 17.7. The molecule has 37 heavy (non-hydrogen) atoms. The Morgan fingerprint density at radius 2 is 2.05 bits per heavy atom. The van der Waals surface area contributed by atoms with Crippen molar-refractivity contribution < 1.29 is 43.4 Å². The molecule has 9 nitrogen and oxygen atoms in total. The molecule has 3 heterocycles. The fourth-order valence-electron chi connectivity index (χ4n) is 6.39. The number of rotatable bonds is 7. The summed E-state index contributed by atoms with van der Waals surface area (Å²) in [6.07, 6.45) is 0.630. The van der Waals surface area contributed by atoms with Gasteiger partial charge in [-0.1, -0.05) is 34.5 Å². The molecular weight excluding hydrogens is 572 g/mol. The molecule has 0 amide bonds. The quantitative estimate of drug-likeness (QED) is 0.358. The second kappa shape index (κ2) is 8.67. The standard InChI is InChI=1S/C26H28BrClO9/c1-4-8-34-11-25-24(31,10-27)26(33-3)23(37-25)22(35-25)18-14(28)9-13-17(21(18)36-26)19(30)16-12(20(13)32-2)6-5-7-15(16)29/h9,22-23,30-31H,4-8,10-11H2,1-3H3/t22?,23?,24-,25?,26-/m1/s1. The zero-order chi connectivity index (χ0) is 26.3. The predicted molar refractivity (Wildman–Crippen MR) is 136 cm³/mol. The molecule has 3 aliphatic heterocycles. The van der Waals surface area contributed by atoms with Crippen molar-refractivity contribution >= 4 is 44.1 Å². The average Bonchev–Trinajstić information content (AvgIpc) is 3.37. The van der Waals surface area contributed by atoms with Crippen LogP contribution in [0.5, 0.6) is 17.2 Å². The Hall–Kier alpha value is -1.66. The Morgan fingerprint density at radius 3 is 2.73 bits per heavy atom. The minimum Gasteiger partial charge on any atom is -0.506 e. The molecule has 2 bridgehead atoms. The van der Waals surface area contributed by atoms with Gasteiger partial charge in [-0.15, -0.1) is 0 Å². The van der Waals surface area contributed by atoms with Crippen LogP contribution in [0.2, 0.25) is 5.02 Å². The van der Waals surface area contributed by atoms with Gasteiger partial charge in [0.2, 0.25) is 5.79 Å². The Labute approximate surface area is 227 Å². The maximum Gasteiger partial charge on any atom is 0.275 e. The largest absolute Gasteiger partial charge is 0.506 e. The van der Waals surface area contributed by atoms with Crippen molar-refractivity contribution in [1.82, 2.24) is 0 Å². The number of carbonyl (C=O) groups is 1. The van der Waals surface area contributed by atoms with Gasteiger partial charge in [-0.3, -0.25) is 4.79 Å². The van der Waals surface area contributed by atoms with Crippen molar-refractivity contribution in [1.29, 1.82) is 0 Å². The molecule has 2 aromatic rings. The van der Waals surface area contributed by atoms with Gasteiger partial charge in [0, 0.05) is 42.0 Å². The van der Waals surface area contributed by atoms with E-state index in [0.29, 0.717) is 53.2 Å². The van der Waals surface area contributed by atoms with Gasteiger partial charge in [0.25, 0.3) is 5.79 Å². The van der Waals surface area contributed by atoms with E-state index in [1.54, 1.807) is 6.07 Å². The SMILES string of the molecule is CCCOCC12OC3c4c(Cl)cc5c(OC)c6c(c(O)c5c4O[C@](OC)(C3O1)[C@@]2(O)CBr)C(=O)CCC6. The third-order valence-electron chi connectivity index (χ3n) is 8.04. The molecule has 0 saturated carbocycles. The van der Waals surface area contributed by atoms with Crippen LogP contribution in [0.3, 0.4) is 0 Å². The summed E-state index contributed by atoms with van der Waals surface area (Å²) >= 11 is 10.3. The molecule has 200 valence electrons. The van der Waals surface area contributed by atoms with Crippen molar-refractivity contribution in [2.75, 3.05) is 32.8 Å². The van der Waals surface area contributed by atoms with Gasteiger partial charge in [-0.25, -0.2) is 0 Å². The van der Waals surface area contributed by atoms with Crippen LogP contribution < -0.4 is 9.47 Å². The number of halogens is 2. The molecule has 2 aromatic carbocycles. The molecule has 4 aliphatic rings. The van der Waals surface area contributed by atoms with Crippen LogP contribution in [0.25, 0.3) is 10.8 Å². The third kappa shape index (κ3) is 3.00. The number of hydrogen-bond donors (Lipinski definition) is 2. The number of phenols is 1. The minimum absolute atomic E-state index is 0.0242. The van der Waals surface area contributed by atoms with Gasteiger partial charge in [0.15, 0.2) is 17.5 Å². The van der Waals surface area contributed by atoms with Crippen molar-refractivity contribution in [3.05, 3.63) is 27.8 Å². The van der Waals surface area contributed by atoms with Gasteiger partial charge in [-0.2, -0.15) is 0 Å². The molecule has 0 spiro atoms. The molecule has 0 aromatic heterocycles. The van der Waals surface area contributed by atoms with E-state index in [1.165, 1.54) is 14.2 Å². The number of ether oxygens (including phenoxy) is 6. The van der Waals surface area contributed by atoms with Gasteiger partial charge >= 0.3 is 0 Å². The smallest absolute Gasteiger partial charge is 0.275 e. The van der Waals surface area contributed by atoms with E-state index in [1.807, 2.05) is 6.92 Å². The molecule has 6 rings (SSSR count). The highest BCUT2D eigenvalue weighted by Crippen LogP contribution is 2.67. The lowest BCUT2D eigenvalue weighted by Crippen LogP contribution is -2.74. The summed E-state index contributed by atoms with van der Waals surface area (Å²) in [5, 5.41) is 24.6. The number of alkyl halides is 1. The summed E-state index contributed by atoms with van der Waals surface area (Å²) in [6, 6.07) is 1.68. The Morgan fingerprint density at radius 1 is 1.27 bits per heavy atom. The van der Waals surface area contributed by atoms with E-state index in [0.717, 1.165) is 6.42 Å². The van der Waals surface area contributed by atoms with Gasteiger partial charge in [0.1, 0.15) is 30.0 Å². The number of methoxy groups -OCH3 is 2. The van der Waals surface area contributed by atoms with E-state index in [2.05, 4.69) is 15.9 Å². The Kier molecular flexibility index (Phi) is 6.00. The monoisotopic (exact) mass is 598 g/mol. The van der Waals surface area contributed by atoms with Crippen LogP contribution in [-0.4, -0.2) is 72.0 Å². The van der Waals surface area contributed by atoms with Crippen LogP contribution in [-0.2, 0) is 25.4 Å². The lowest BCUT2D eigenvalue weighted by molar-refractivity contribution is -0.352. The van der Waals surface area contributed by atoms with E-state index in [-0.39, 0.29) is 40.2 Å². The average molecular weight is 600 g/mol. The van der Waals surface area contributed by atoms with Crippen molar-refractivity contribution in [3.8, 4) is 17.2 Å². The maximum atomic E-state index is 12.9. The first kappa shape index (κ1) is 25.6. The van der Waals surface area contributed by atoms with E-state index < -0.39 is 29.4 Å². The van der Waals surface area contributed by atoms with Crippen molar-refractivity contribution in [2.24, 2.45) is 0 Å². The van der Waals surface area contributed by atoms with Crippen LogP contribution in [0.4, 0.5) is 0 Å². The number of Topliss-reactive ketones (excluding diaryl/α,β-unsaturated/α-hetero) is 1. The molecule has 3 unspecified atom stereocenters. The molecular formula is C26H28BrClO9. The zero-order valence-electron chi connectivity index (χ0n) is 20.7. The van der Waals surface area contributed by atoms with Crippen LogP contribution >= 0.6 is 27.5 Å². The highest BCUT2D eigenvalue weighted by Gasteiger charge is 2.85. The number of phenolic OH excluding ortho intramolecular Hbond substituents is 1. The number of carbonyl (C=O) groups excluding carboxylic acids is 1. The molecule has 0 radical (unpaired) electrons. The van der Waals surface area contributed by atoms with Crippen LogP contribution in [0.1, 0.15) is 53.8 Å². The van der Waals surface area contributed by atoms with Crippen molar-refractivity contribution in [3.63, 3.8) is 0 Å². The molecule has 5 atom stereocenters. The highest BCUT2D eigenvalue weighted by molar-refractivity contribution is 9.09. The van der Waals surface area contributed by atoms with E-state index in [4.69, 9.17) is 40.0 Å². The second-order valence-electron chi connectivity index (χ2n) is 9.89. The van der Waals surface area contributed by atoms with E-state index >= 15 is 0 Å². The van der Waals surface area contributed by atoms with Gasteiger partial charge in [-0.05, 0) is 25.3 Å². The zero-order valence-corrected chi connectivity index (χ0v) is 23.0. The van der Waals surface area contributed by atoms with Crippen LogP contribution in [0, 0.1) is 0 Å². The number of ketones is 1. The highest BCUT2D eigenvalue weighted by atomic mass is 79.9. The van der Waals surface area contributed by atoms with Crippen molar-refractivity contribution in [2.45, 2.75) is 62.0 Å². The summed E-state index contributed by atoms with van der Waals surface area (Å²) in [5.74, 6) is -3.13. The lowest BCUT2D eigenvalue weighted by Gasteiger charge is -2.53. The fourth-order valence-corrected chi connectivity index (χ4v) is 7.51. The molecule has 2 fully saturated rings. The van der Waals surface area contributed by atoms with Gasteiger partial charge < -0.3 is 38.6 Å². The number of fused-ring (bicyclic) bond motifs is 6. The molecule has 2 saturated heterocycles. The topological polar surface area (TPSA) is 113 Å². The first-order valence-electron chi connectivity index (χ1n) is 12.3. The number of hydrogen-bond acceptors (Lipinski definition) is 9. The Bertz CT molecular complexity index is 1320. The summed E-state index contributed by atoms with van der Waals surface area (Å²) in [7, 11) is 2.93. The summed E-state index contributed by atoms with van der Waals surface area (Å²) in [6.45, 7) is 2.35. The normalized spacial score (nSPS) is 33.4. The molecule has 1 aliphatic carbocycles. The lowest BCUT2D eigenvalue weighted by atomic mass is 9.77. The summed E-state index contributed by atoms with van der Waals surface area (Å²) in [4.78, 5) is 12.9. The number of benzene rings is 2. The number of aliphatic hydroxyl groups is 1. The third-order valence-corrected chi connectivity index (χ3v) is 9.17. The molecule has 11 heteroatoms. The van der Waals surface area contributed by atoms with Crippen LogP contribution in [0.15, 0.2) is 6.07 Å².